The van der Waals surface area contributed by atoms with Crippen LogP contribution in [-0.2, 0) is 24.7 Å². The molecule has 14 heteroatoms. The maximum atomic E-state index is 13.5. The van der Waals surface area contributed by atoms with Crippen LogP contribution in [0.4, 0.5) is 35.1 Å². The Morgan fingerprint density at radius 3 is 0.792 bits per heavy atom. The smallest absolute Gasteiger partial charge is 0.416 e. The lowest BCUT2D eigenvalue weighted by Crippen LogP contribution is -2.50. The first-order valence-electron chi connectivity index (χ1n) is 22.4. The molecule has 3 nitrogen and oxygen atoms in total. The van der Waals surface area contributed by atoms with E-state index in [4.69, 9.17) is 0 Å². The van der Waals surface area contributed by atoms with Crippen molar-refractivity contribution in [1.29, 1.82) is 0 Å². The van der Waals surface area contributed by atoms with Gasteiger partial charge in [0.05, 0.1) is 29.2 Å². The molecule has 0 aliphatic heterocycles. The van der Waals surface area contributed by atoms with Crippen LogP contribution in [0.25, 0.3) is 0 Å². The van der Waals surface area contributed by atoms with Gasteiger partial charge >= 0.3 is 12.4 Å². The summed E-state index contributed by atoms with van der Waals surface area (Å²) in [5.74, 6) is -1.46. The molecule has 72 heavy (non-hydrogen) atoms. The molecule has 0 aliphatic carbocycles. The van der Waals surface area contributed by atoms with E-state index in [9.17, 15) is 45.2 Å². The van der Waals surface area contributed by atoms with E-state index >= 15 is 0 Å². The highest BCUT2D eigenvalue weighted by atomic mass is 31.2. The van der Waals surface area contributed by atoms with Gasteiger partial charge in [-0.15, -0.1) is 0 Å². The van der Waals surface area contributed by atoms with Gasteiger partial charge in [0.1, 0.15) is 65.3 Å². The maximum Gasteiger partial charge on any atom is 0.416 e. The van der Waals surface area contributed by atoms with Crippen LogP contribution in [0.1, 0.15) is 22.3 Å². The molecule has 0 heterocycles. The molecule has 9 rings (SSSR count). The van der Waals surface area contributed by atoms with Gasteiger partial charge in [-0.25, -0.2) is 8.78 Å². The molecule has 0 saturated carbocycles. The number of halogens is 8. The van der Waals surface area contributed by atoms with Crippen molar-refractivity contribution in [2.75, 3.05) is 0 Å². The quantitative estimate of drug-likeness (QED) is 0.0696. The molecular weight excluding hydrogens is 969 g/mol. The van der Waals surface area contributed by atoms with E-state index < -0.39 is 51.1 Å². The summed E-state index contributed by atoms with van der Waals surface area (Å²) in [6, 6.07) is 78.6. The monoisotopic (exact) mass is 1010 g/mol. The summed E-state index contributed by atoms with van der Waals surface area (Å²) >= 11 is 0. The van der Waals surface area contributed by atoms with Crippen LogP contribution in [0.15, 0.2) is 249 Å². The standard InChI is InChI=1S/2C25H21FP.C8H3BF6O3/c2*26-22-18-16-21(17-19-22)20-27(23-10-4-1-5-11-23,24-12-6-2-7-13-24)25-14-8-3-9-15-25;10-7(11,12)4-1-5(8(13,14)15)3-6(2-4)18-9(16)17/h2*1-19H,20H2;1-3H/q2*+1;-2. The summed E-state index contributed by atoms with van der Waals surface area (Å²) < 4.78 is 105. The van der Waals surface area contributed by atoms with Crippen molar-refractivity contribution in [2.45, 2.75) is 24.7 Å². The predicted molar refractivity (Wildman–Crippen MR) is 273 cm³/mol. The average Bonchev–Trinajstić information content (AvgIpc) is 3.39. The van der Waals surface area contributed by atoms with E-state index in [1.165, 1.54) is 31.8 Å². The molecule has 0 fully saturated rings. The van der Waals surface area contributed by atoms with Crippen molar-refractivity contribution < 1.29 is 49.8 Å². The van der Waals surface area contributed by atoms with E-state index in [0.717, 1.165) is 23.5 Å². The molecule has 0 bridgehead atoms. The summed E-state index contributed by atoms with van der Waals surface area (Å²) in [6.07, 6.45) is -8.38. The van der Waals surface area contributed by atoms with Crippen molar-refractivity contribution in [3.8, 4) is 5.75 Å². The first-order valence-corrected chi connectivity index (χ1v) is 26.4. The molecule has 9 aromatic rings. The normalized spacial score (nSPS) is 11.6. The second-order valence-electron chi connectivity index (χ2n) is 16.4. The summed E-state index contributed by atoms with van der Waals surface area (Å²) in [7, 11) is -6.84. The number of benzene rings is 9. The van der Waals surface area contributed by atoms with Gasteiger partial charge in [-0.3, -0.25) is 0 Å². The third-order valence-corrected chi connectivity index (χ3v) is 20.4. The lowest BCUT2D eigenvalue weighted by atomic mass is 10.1. The highest BCUT2D eigenvalue weighted by molar-refractivity contribution is 7.95. The highest BCUT2D eigenvalue weighted by Crippen LogP contribution is 2.59. The van der Waals surface area contributed by atoms with Gasteiger partial charge in [-0.2, -0.15) is 26.3 Å². The summed E-state index contributed by atoms with van der Waals surface area (Å²) in [4.78, 5) is 0. The Kier molecular flexibility index (Phi) is 17.6. The van der Waals surface area contributed by atoms with Gasteiger partial charge in [0.2, 0.25) is 0 Å². The van der Waals surface area contributed by atoms with Gasteiger partial charge in [0.25, 0.3) is 0 Å². The molecule has 0 spiro atoms. The van der Waals surface area contributed by atoms with Crippen LogP contribution < -0.4 is 46.5 Å². The Hall–Kier alpha value is -6.94. The lowest BCUT2D eigenvalue weighted by molar-refractivity contribution is -0.372. The fourth-order valence-corrected chi connectivity index (χ4v) is 16.9. The Morgan fingerprint density at radius 2 is 0.583 bits per heavy atom. The lowest BCUT2D eigenvalue weighted by Gasteiger charge is -2.27. The number of alkyl halides is 6. The Labute approximate surface area is 414 Å². The fraction of sp³-hybridized carbons (Fsp3) is 0.0690. The minimum absolute atomic E-state index is 0.141. The number of hydrogen-bond donors (Lipinski definition) is 0. The highest BCUT2D eigenvalue weighted by Gasteiger charge is 2.46. The van der Waals surface area contributed by atoms with Crippen LogP contribution in [0.3, 0.4) is 0 Å². The van der Waals surface area contributed by atoms with Crippen LogP contribution in [-0.4, -0.2) is 7.32 Å². The first-order chi connectivity index (χ1) is 34.6. The maximum absolute atomic E-state index is 13.5. The van der Waals surface area contributed by atoms with Gasteiger partial charge in [-0.1, -0.05) is 133 Å². The molecule has 0 atom stereocenters. The number of hydrogen-bond acceptors (Lipinski definition) is 3. The van der Waals surface area contributed by atoms with Gasteiger partial charge < -0.3 is 14.7 Å². The summed E-state index contributed by atoms with van der Waals surface area (Å²) in [5, 5.41) is 28.2. The van der Waals surface area contributed by atoms with Crippen LogP contribution >= 0.6 is 14.5 Å². The van der Waals surface area contributed by atoms with Crippen molar-refractivity contribution >= 4 is 53.7 Å². The Bertz CT molecular complexity index is 2650. The zero-order valence-corrected chi connectivity index (χ0v) is 40.1. The van der Waals surface area contributed by atoms with E-state index in [1.54, 1.807) is 24.3 Å². The molecule has 0 aliphatic rings. The van der Waals surface area contributed by atoms with Gasteiger partial charge in [0, 0.05) is 0 Å². The predicted octanol–water partition coefficient (Wildman–Crippen LogP) is 11.4. The topological polar surface area (TPSA) is 55.3 Å². The van der Waals surface area contributed by atoms with Gasteiger partial charge in [0.15, 0.2) is 0 Å². The molecule has 0 saturated heterocycles. The first kappa shape index (κ1) is 52.9. The zero-order chi connectivity index (χ0) is 51.2. The molecular formula is C58H45BF8O3P2. The van der Waals surface area contributed by atoms with E-state index in [0.29, 0.717) is 0 Å². The third kappa shape index (κ3) is 13.3. The van der Waals surface area contributed by atoms with Crippen molar-refractivity contribution in [2.24, 2.45) is 0 Å². The third-order valence-electron chi connectivity index (χ3n) is 11.6. The molecule has 0 N–H and O–H groups in total. The minimum Gasteiger partial charge on any atom is -0.860 e. The van der Waals surface area contributed by atoms with Crippen LogP contribution in [0, 0.1) is 11.6 Å². The minimum atomic E-state index is -5.05. The Balaban J connectivity index is 0.000000162. The molecule has 0 radical (unpaired) electrons. The van der Waals surface area contributed by atoms with E-state index in [1.807, 2.05) is 24.3 Å². The van der Waals surface area contributed by atoms with E-state index in [2.05, 4.69) is 187 Å². The fourth-order valence-electron chi connectivity index (χ4n) is 8.37. The largest absolute Gasteiger partial charge is 0.860 e. The molecule has 9 aromatic carbocycles. The van der Waals surface area contributed by atoms with Gasteiger partial charge in [-0.05, 0) is 126 Å². The van der Waals surface area contributed by atoms with Crippen molar-refractivity contribution in [3.63, 3.8) is 0 Å². The average molecular weight is 1010 g/mol. The van der Waals surface area contributed by atoms with E-state index in [-0.39, 0.29) is 29.8 Å². The van der Waals surface area contributed by atoms with Crippen LogP contribution in [0.5, 0.6) is 5.75 Å². The second-order valence-corrected chi connectivity index (χ2v) is 23.3. The summed E-state index contributed by atoms with van der Waals surface area (Å²) in [5.41, 5.74) is -1.01. The van der Waals surface area contributed by atoms with Crippen molar-refractivity contribution in [3.05, 3.63) is 283 Å². The molecule has 364 valence electrons. The molecule has 0 amide bonds. The molecule has 0 aromatic heterocycles. The zero-order valence-electron chi connectivity index (χ0n) is 38.3. The SMILES string of the molecule is Fc1ccc(C[P+](c2ccccc2)(c2ccccc2)c2ccccc2)cc1.Fc1ccc(C[P+](c2ccccc2)(c2ccccc2)c2ccccc2)cc1.[O-]B([O-])Oc1cc(C(F)(F)F)cc(C(F)(F)F)c1. The second kappa shape index (κ2) is 24.0. The molecule has 0 unspecified atom stereocenters. The number of rotatable bonds is 12. The van der Waals surface area contributed by atoms with Crippen molar-refractivity contribution in [1.82, 2.24) is 0 Å². The van der Waals surface area contributed by atoms with Crippen LogP contribution in [0.2, 0.25) is 0 Å². The Morgan fingerprint density at radius 1 is 0.347 bits per heavy atom. The summed E-state index contributed by atoms with van der Waals surface area (Å²) in [6.45, 7) is 0.